The summed E-state index contributed by atoms with van der Waals surface area (Å²) in [6.45, 7) is 4.66. The molecule has 3 unspecified atom stereocenters. The summed E-state index contributed by atoms with van der Waals surface area (Å²) in [5.74, 6) is 0.452. The average molecular weight is 444 g/mol. The molecule has 2 amide bonds. The van der Waals surface area contributed by atoms with E-state index in [0.717, 1.165) is 32.5 Å². The van der Waals surface area contributed by atoms with E-state index in [1.165, 1.54) is 32.4 Å². The standard InChI is InChI=1S/C22H41N3O6/c26-14-9-18(27)22(31)19(28)15-23-20(29)5-4-6-21(30)25-12-7-17(8-13-25)16-24-10-2-1-3-11-24/h17-19,22,26-28,31H,1-16H2,(H,23,29). The molecule has 0 aliphatic carbocycles. The molecule has 2 rings (SSSR count). The smallest absolute Gasteiger partial charge is 0.222 e. The first-order chi connectivity index (χ1) is 14.9. The molecule has 0 aromatic carbocycles. The molecule has 0 aromatic heterocycles. The third-order valence-electron chi connectivity index (χ3n) is 6.45. The van der Waals surface area contributed by atoms with Gasteiger partial charge in [-0.15, -0.1) is 0 Å². The second-order valence-corrected chi connectivity index (χ2v) is 8.98. The van der Waals surface area contributed by atoms with Gasteiger partial charge in [0.2, 0.25) is 11.8 Å². The van der Waals surface area contributed by atoms with Crippen molar-refractivity contribution >= 4 is 11.8 Å². The van der Waals surface area contributed by atoms with Crippen LogP contribution in [0.4, 0.5) is 0 Å². The van der Waals surface area contributed by atoms with E-state index in [9.17, 15) is 24.9 Å². The van der Waals surface area contributed by atoms with Crippen LogP contribution in [-0.2, 0) is 9.59 Å². The molecule has 31 heavy (non-hydrogen) atoms. The number of hydrogen-bond donors (Lipinski definition) is 5. The van der Waals surface area contributed by atoms with Crippen molar-refractivity contribution < 1.29 is 30.0 Å². The maximum atomic E-state index is 12.4. The molecule has 0 aromatic rings. The van der Waals surface area contributed by atoms with Crippen LogP contribution in [0.15, 0.2) is 0 Å². The van der Waals surface area contributed by atoms with Gasteiger partial charge >= 0.3 is 0 Å². The predicted molar refractivity (Wildman–Crippen MR) is 116 cm³/mol. The number of aliphatic hydroxyl groups excluding tert-OH is 4. The Morgan fingerprint density at radius 3 is 2.26 bits per heavy atom. The van der Waals surface area contributed by atoms with Gasteiger partial charge in [-0.2, -0.15) is 0 Å². The summed E-state index contributed by atoms with van der Waals surface area (Å²) in [6, 6.07) is 0. The minimum atomic E-state index is -1.44. The summed E-state index contributed by atoms with van der Waals surface area (Å²) < 4.78 is 0. The van der Waals surface area contributed by atoms with Gasteiger partial charge in [-0.3, -0.25) is 9.59 Å². The second kappa shape index (κ2) is 14.0. The molecule has 2 aliphatic rings. The van der Waals surface area contributed by atoms with Crippen molar-refractivity contribution in [3.63, 3.8) is 0 Å². The van der Waals surface area contributed by atoms with Crippen LogP contribution in [0.2, 0.25) is 0 Å². The molecule has 5 N–H and O–H groups in total. The Labute approximate surface area is 185 Å². The largest absolute Gasteiger partial charge is 0.396 e. The summed E-state index contributed by atoms with van der Waals surface area (Å²) in [7, 11) is 0. The maximum Gasteiger partial charge on any atom is 0.222 e. The molecule has 2 heterocycles. The highest BCUT2D eigenvalue weighted by molar-refractivity contribution is 5.79. The van der Waals surface area contributed by atoms with Gasteiger partial charge < -0.3 is 35.5 Å². The van der Waals surface area contributed by atoms with Gasteiger partial charge in [-0.05, 0) is 57.5 Å². The van der Waals surface area contributed by atoms with E-state index in [2.05, 4.69) is 10.2 Å². The van der Waals surface area contributed by atoms with Crippen molar-refractivity contribution in [2.45, 2.75) is 76.1 Å². The molecule has 0 bridgehead atoms. The van der Waals surface area contributed by atoms with Crippen molar-refractivity contribution in [3.05, 3.63) is 0 Å². The minimum absolute atomic E-state index is 0.0518. The molecule has 0 saturated carbocycles. The van der Waals surface area contributed by atoms with Crippen LogP contribution in [0.25, 0.3) is 0 Å². The number of amides is 2. The Bertz CT molecular complexity index is 535. The first kappa shape index (κ1) is 26.0. The number of carbonyl (C=O) groups is 2. The number of piperidine rings is 2. The number of aliphatic hydroxyl groups is 4. The van der Waals surface area contributed by atoms with Crippen LogP contribution in [0.3, 0.4) is 0 Å². The Morgan fingerprint density at radius 1 is 0.935 bits per heavy atom. The zero-order chi connectivity index (χ0) is 22.6. The van der Waals surface area contributed by atoms with Crippen molar-refractivity contribution in [2.75, 3.05) is 45.9 Å². The fraction of sp³-hybridized carbons (Fsp3) is 0.909. The Balaban J connectivity index is 1.55. The second-order valence-electron chi connectivity index (χ2n) is 8.98. The van der Waals surface area contributed by atoms with Crippen LogP contribution < -0.4 is 5.32 Å². The molecule has 2 aliphatic heterocycles. The third-order valence-corrected chi connectivity index (χ3v) is 6.45. The molecule has 2 saturated heterocycles. The first-order valence-corrected chi connectivity index (χ1v) is 11.8. The van der Waals surface area contributed by atoms with E-state index < -0.39 is 18.3 Å². The normalized spacial score (nSPS) is 21.5. The predicted octanol–water partition coefficient (Wildman–Crippen LogP) is -0.537. The molecule has 0 radical (unpaired) electrons. The SMILES string of the molecule is O=C(CCCC(=O)N1CCC(CN2CCCCC2)CC1)NCC(O)C(O)C(O)CCO. The number of nitrogens with one attached hydrogen (secondary N) is 1. The minimum Gasteiger partial charge on any atom is -0.396 e. The highest BCUT2D eigenvalue weighted by Gasteiger charge is 2.26. The molecular formula is C22H41N3O6. The number of rotatable bonds is 12. The fourth-order valence-corrected chi connectivity index (χ4v) is 4.42. The van der Waals surface area contributed by atoms with Crippen LogP contribution >= 0.6 is 0 Å². The first-order valence-electron chi connectivity index (χ1n) is 11.8. The lowest BCUT2D eigenvalue weighted by molar-refractivity contribution is -0.133. The van der Waals surface area contributed by atoms with Crippen LogP contribution in [0, 0.1) is 5.92 Å². The van der Waals surface area contributed by atoms with Gasteiger partial charge in [0.05, 0.1) is 12.2 Å². The average Bonchev–Trinajstić information content (AvgIpc) is 2.78. The molecule has 0 spiro atoms. The van der Waals surface area contributed by atoms with Gasteiger partial charge in [-0.1, -0.05) is 6.42 Å². The summed E-state index contributed by atoms with van der Waals surface area (Å²) in [5, 5.41) is 40.3. The van der Waals surface area contributed by atoms with Crippen LogP contribution in [-0.4, -0.2) is 106 Å². The van der Waals surface area contributed by atoms with E-state index in [1.807, 2.05) is 4.90 Å². The molecule has 3 atom stereocenters. The van der Waals surface area contributed by atoms with Crippen LogP contribution in [0.1, 0.15) is 57.8 Å². The highest BCUT2D eigenvalue weighted by Crippen LogP contribution is 2.21. The van der Waals surface area contributed by atoms with E-state index in [1.54, 1.807) is 0 Å². The Kier molecular flexibility index (Phi) is 11.7. The lowest BCUT2D eigenvalue weighted by atomic mass is 9.95. The zero-order valence-electron chi connectivity index (χ0n) is 18.6. The van der Waals surface area contributed by atoms with Crippen molar-refractivity contribution in [1.82, 2.24) is 15.1 Å². The van der Waals surface area contributed by atoms with Crippen LogP contribution in [0.5, 0.6) is 0 Å². The van der Waals surface area contributed by atoms with Crippen molar-refractivity contribution in [1.29, 1.82) is 0 Å². The number of nitrogens with zero attached hydrogens (tertiary/aromatic N) is 2. The van der Waals surface area contributed by atoms with E-state index >= 15 is 0 Å². The van der Waals surface area contributed by atoms with Gasteiger partial charge in [0.1, 0.15) is 6.10 Å². The van der Waals surface area contributed by atoms with Gasteiger partial charge in [0, 0.05) is 45.6 Å². The zero-order valence-corrected chi connectivity index (χ0v) is 18.6. The van der Waals surface area contributed by atoms with Gasteiger partial charge in [0.25, 0.3) is 0 Å². The van der Waals surface area contributed by atoms with Gasteiger partial charge in [0.15, 0.2) is 0 Å². The molecule has 2 fully saturated rings. The summed E-state index contributed by atoms with van der Waals surface area (Å²) >= 11 is 0. The van der Waals surface area contributed by atoms with E-state index in [0.29, 0.717) is 18.8 Å². The monoisotopic (exact) mass is 443 g/mol. The fourth-order valence-electron chi connectivity index (χ4n) is 4.42. The lowest BCUT2D eigenvalue weighted by Crippen LogP contribution is -2.44. The Hall–Kier alpha value is -1.26. The van der Waals surface area contributed by atoms with Crippen molar-refractivity contribution in [2.24, 2.45) is 5.92 Å². The number of carbonyl (C=O) groups excluding carboxylic acids is 2. The molecule has 9 nitrogen and oxygen atoms in total. The molecule has 9 heteroatoms. The highest BCUT2D eigenvalue weighted by atomic mass is 16.4. The lowest BCUT2D eigenvalue weighted by Gasteiger charge is -2.36. The molecular weight excluding hydrogens is 402 g/mol. The molecule has 180 valence electrons. The van der Waals surface area contributed by atoms with E-state index in [4.69, 9.17) is 5.11 Å². The third kappa shape index (κ3) is 9.41. The number of likely N-dealkylation sites (tertiary alicyclic amines) is 2. The van der Waals surface area contributed by atoms with Gasteiger partial charge in [-0.25, -0.2) is 0 Å². The summed E-state index contributed by atoms with van der Waals surface area (Å²) in [4.78, 5) is 28.8. The van der Waals surface area contributed by atoms with E-state index in [-0.39, 0.29) is 37.8 Å². The van der Waals surface area contributed by atoms with Crippen molar-refractivity contribution in [3.8, 4) is 0 Å². The summed E-state index contributed by atoms with van der Waals surface area (Å²) in [6.07, 6.45) is 2.90. The summed E-state index contributed by atoms with van der Waals surface area (Å²) in [5.41, 5.74) is 0. The Morgan fingerprint density at radius 2 is 1.61 bits per heavy atom. The quantitative estimate of drug-likeness (QED) is 0.274. The topological polar surface area (TPSA) is 134 Å². The number of hydrogen-bond acceptors (Lipinski definition) is 7. The maximum absolute atomic E-state index is 12.4.